The number of nitrogens with one attached hydrogen (secondary N) is 1. The molecule has 2 aromatic rings. The Balaban J connectivity index is 2.74. The van der Waals surface area contributed by atoms with E-state index in [2.05, 4.69) is 4.98 Å². The number of carboxylic acid groups (broad SMARTS) is 1. The minimum absolute atomic E-state index is 0.107. The summed E-state index contributed by atoms with van der Waals surface area (Å²) in [6, 6.07) is 2.33. The van der Waals surface area contributed by atoms with E-state index >= 15 is 0 Å². The molecule has 0 saturated heterocycles. The third kappa shape index (κ3) is 2.04. The maximum Gasteiger partial charge on any atom is 0.416 e. The molecule has 1 aromatic carbocycles. The van der Waals surface area contributed by atoms with E-state index in [-0.39, 0.29) is 10.9 Å². The minimum atomic E-state index is -4.58. The summed E-state index contributed by atoms with van der Waals surface area (Å²) in [4.78, 5) is 27.5. The number of benzene rings is 1. The van der Waals surface area contributed by atoms with Gasteiger partial charge in [-0.05, 0) is 18.2 Å². The number of H-pyrrole nitrogens is 1. The van der Waals surface area contributed by atoms with E-state index < -0.39 is 29.1 Å². The number of carboxylic acids is 1. The maximum absolute atomic E-state index is 12.4. The molecule has 1 aromatic heterocycles. The first kappa shape index (κ1) is 12.1. The van der Waals surface area contributed by atoms with Crippen molar-refractivity contribution in [1.29, 1.82) is 0 Å². The molecule has 94 valence electrons. The average Bonchev–Trinajstić information content (AvgIpc) is 2.27. The zero-order valence-electron chi connectivity index (χ0n) is 8.58. The van der Waals surface area contributed by atoms with Crippen LogP contribution in [0.25, 0.3) is 10.9 Å². The number of fused-ring (bicyclic) bond motifs is 1. The largest absolute Gasteiger partial charge is 0.475 e. The van der Waals surface area contributed by atoms with Gasteiger partial charge in [0.25, 0.3) is 5.56 Å². The van der Waals surface area contributed by atoms with Crippen molar-refractivity contribution in [2.24, 2.45) is 0 Å². The summed E-state index contributed by atoms with van der Waals surface area (Å²) >= 11 is 0. The third-order valence-electron chi connectivity index (χ3n) is 2.24. The minimum Gasteiger partial charge on any atom is -0.475 e. The van der Waals surface area contributed by atoms with Gasteiger partial charge < -0.3 is 10.1 Å². The van der Waals surface area contributed by atoms with Crippen molar-refractivity contribution in [3.63, 3.8) is 0 Å². The Morgan fingerprint density at radius 2 is 2.00 bits per heavy atom. The van der Waals surface area contributed by atoms with Crippen LogP contribution in [0.4, 0.5) is 13.2 Å². The van der Waals surface area contributed by atoms with Gasteiger partial charge >= 0.3 is 12.1 Å². The molecule has 0 saturated carbocycles. The SMILES string of the molecule is O=C(O)c1nc2ccc(C(F)(F)F)cc2c(=O)[nH]1. The number of alkyl halides is 3. The van der Waals surface area contributed by atoms with Crippen molar-refractivity contribution >= 4 is 16.9 Å². The quantitative estimate of drug-likeness (QED) is 0.814. The lowest BCUT2D eigenvalue weighted by Gasteiger charge is -2.07. The number of aromatic amines is 1. The van der Waals surface area contributed by atoms with Gasteiger partial charge in [-0.1, -0.05) is 0 Å². The average molecular weight is 258 g/mol. The summed E-state index contributed by atoms with van der Waals surface area (Å²) in [6.45, 7) is 0. The van der Waals surface area contributed by atoms with Crippen molar-refractivity contribution in [1.82, 2.24) is 9.97 Å². The van der Waals surface area contributed by atoms with Gasteiger partial charge in [0.15, 0.2) is 0 Å². The number of rotatable bonds is 1. The molecule has 0 aliphatic heterocycles. The fraction of sp³-hybridized carbons (Fsp3) is 0.100. The highest BCUT2D eigenvalue weighted by Gasteiger charge is 2.30. The van der Waals surface area contributed by atoms with Gasteiger partial charge in [-0.15, -0.1) is 0 Å². The monoisotopic (exact) mass is 258 g/mol. The summed E-state index contributed by atoms with van der Waals surface area (Å²) in [7, 11) is 0. The van der Waals surface area contributed by atoms with Crippen LogP contribution < -0.4 is 5.56 Å². The number of hydrogen-bond acceptors (Lipinski definition) is 3. The van der Waals surface area contributed by atoms with Gasteiger partial charge in [0.05, 0.1) is 16.5 Å². The first-order valence-electron chi connectivity index (χ1n) is 4.63. The van der Waals surface area contributed by atoms with Crippen LogP contribution >= 0.6 is 0 Å². The summed E-state index contributed by atoms with van der Waals surface area (Å²) < 4.78 is 37.3. The zero-order valence-corrected chi connectivity index (χ0v) is 8.58. The van der Waals surface area contributed by atoms with E-state index in [4.69, 9.17) is 5.11 Å². The Morgan fingerprint density at radius 3 is 2.56 bits per heavy atom. The summed E-state index contributed by atoms with van der Waals surface area (Å²) in [5.41, 5.74) is -2.03. The Labute approximate surface area is 96.9 Å². The maximum atomic E-state index is 12.4. The van der Waals surface area contributed by atoms with E-state index in [0.29, 0.717) is 6.07 Å². The number of aromatic carboxylic acids is 1. The van der Waals surface area contributed by atoms with E-state index in [1.54, 1.807) is 0 Å². The second-order valence-corrected chi connectivity index (χ2v) is 3.45. The highest BCUT2D eigenvalue weighted by atomic mass is 19.4. The second kappa shape index (κ2) is 3.83. The van der Waals surface area contributed by atoms with E-state index in [1.165, 1.54) is 0 Å². The first-order valence-corrected chi connectivity index (χ1v) is 4.63. The number of nitrogens with zero attached hydrogens (tertiary/aromatic N) is 1. The summed E-state index contributed by atoms with van der Waals surface area (Å²) in [5, 5.41) is 8.33. The molecule has 0 aliphatic carbocycles. The van der Waals surface area contributed by atoms with E-state index in [1.807, 2.05) is 4.98 Å². The molecule has 8 heteroatoms. The fourth-order valence-electron chi connectivity index (χ4n) is 1.42. The van der Waals surface area contributed by atoms with Crippen molar-refractivity contribution in [2.45, 2.75) is 6.18 Å². The Bertz CT molecular complexity index is 691. The van der Waals surface area contributed by atoms with Crippen LogP contribution in [-0.2, 0) is 6.18 Å². The van der Waals surface area contributed by atoms with Gasteiger partial charge in [-0.25, -0.2) is 9.78 Å². The van der Waals surface area contributed by atoms with Crippen LogP contribution in [0.15, 0.2) is 23.0 Å². The van der Waals surface area contributed by atoms with Crippen molar-refractivity contribution in [3.8, 4) is 0 Å². The van der Waals surface area contributed by atoms with Gasteiger partial charge in [-0.3, -0.25) is 4.79 Å². The topological polar surface area (TPSA) is 83.0 Å². The van der Waals surface area contributed by atoms with Crippen LogP contribution in [0, 0.1) is 0 Å². The Kier molecular flexibility index (Phi) is 2.57. The van der Waals surface area contributed by atoms with Crippen LogP contribution in [0.2, 0.25) is 0 Å². The molecule has 18 heavy (non-hydrogen) atoms. The molecule has 1 heterocycles. The van der Waals surface area contributed by atoms with Crippen LogP contribution in [0.5, 0.6) is 0 Å². The predicted octanol–water partition coefficient (Wildman–Crippen LogP) is 1.64. The number of aromatic nitrogens is 2. The van der Waals surface area contributed by atoms with Crippen molar-refractivity contribution in [2.75, 3.05) is 0 Å². The molecule has 2 rings (SSSR count). The molecule has 0 amide bonds. The van der Waals surface area contributed by atoms with Gasteiger partial charge in [0.2, 0.25) is 5.82 Å². The summed E-state index contributed by atoms with van der Waals surface area (Å²) in [6.07, 6.45) is -4.58. The first-order chi connectivity index (χ1) is 8.29. The van der Waals surface area contributed by atoms with Gasteiger partial charge in [-0.2, -0.15) is 13.2 Å². The molecule has 0 unspecified atom stereocenters. The van der Waals surface area contributed by atoms with Crippen LogP contribution in [-0.4, -0.2) is 21.0 Å². The lowest BCUT2D eigenvalue weighted by molar-refractivity contribution is -0.137. The smallest absolute Gasteiger partial charge is 0.416 e. The standard InChI is InChI=1S/C10H5F3N2O3/c11-10(12,13)4-1-2-6-5(3-4)8(16)15-7(14-6)9(17)18/h1-3H,(H,17,18)(H,14,15,16). The molecule has 0 aliphatic rings. The van der Waals surface area contributed by atoms with Gasteiger partial charge in [0, 0.05) is 0 Å². The number of carbonyl (C=O) groups is 1. The van der Waals surface area contributed by atoms with Crippen LogP contribution in [0.1, 0.15) is 16.2 Å². The highest BCUT2D eigenvalue weighted by molar-refractivity contribution is 5.87. The molecule has 0 fully saturated rings. The fourth-order valence-corrected chi connectivity index (χ4v) is 1.42. The molecular formula is C10H5F3N2O3. The number of hydrogen-bond donors (Lipinski definition) is 2. The Hall–Kier alpha value is -2.38. The molecule has 5 nitrogen and oxygen atoms in total. The van der Waals surface area contributed by atoms with E-state index in [9.17, 15) is 22.8 Å². The highest BCUT2D eigenvalue weighted by Crippen LogP contribution is 2.30. The van der Waals surface area contributed by atoms with Crippen molar-refractivity contribution < 1.29 is 23.1 Å². The summed E-state index contributed by atoms with van der Waals surface area (Å²) in [5.74, 6) is -2.08. The molecule has 0 radical (unpaired) electrons. The van der Waals surface area contributed by atoms with Gasteiger partial charge in [0.1, 0.15) is 0 Å². The lowest BCUT2D eigenvalue weighted by Crippen LogP contribution is -2.16. The molecule has 0 bridgehead atoms. The van der Waals surface area contributed by atoms with E-state index in [0.717, 1.165) is 12.1 Å². The second-order valence-electron chi connectivity index (χ2n) is 3.45. The van der Waals surface area contributed by atoms with Crippen LogP contribution in [0.3, 0.4) is 0 Å². The van der Waals surface area contributed by atoms with Crippen molar-refractivity contribution in [3.05, 3.63) is 39.9 Å². The third-order valence-corrected chi connectivity index (χ3v) is 2.24. The number of halogens is 3. The zero-order chi connectivity index (χ0) is 13.5. The molecule has 2 N–H and O–H groups in total. The molecule has 0 spiro atoms. The Morgan fingerprint density at radius 1 is 1.33 bits per heavy atom. The molecular weight excluding hydrogens is 253 g/mol. The predicted molar refractivity (Wildman–Crippen MR) is 54.3 cm³/mol. The lowest BCUT2D eigenvalue weighted by atomic mass is 10.1. The molecule has 0 atom stereocenters. The normalized spacial score (nSPS) is 11.7.